The van der Waals surface area contributed by atoms with E-state index >= 15 is 0 Å². The maximum Gasteiger partial charge on any atom is 0.125 e. The predicted molar refractivity (Wildman–Crippen MR) is 55.3 cm³/mol. The summed E-state index contributed by atoms with van der Waals surface area (Å²) in [5, 5.41) is 4.17. The van der Waals surface area contributed by atoms with Gasteiger partial charge in [-0.1, -0.05) is 35.5 Å². The molecule has 2 aliphatic rings. The van der Waals surface area contributed by atoms with Crippen molar-refractivity contribution in [1.82, 2.24) is 0 Å². The first-order valence-corrected chi connectivity index (χ1v) is 5.20. The molecule has 0 bridgehead atoms. The molecule has 0 aromatic heterocycles. The number of hydrogen-bond acceptors (Lipinski definition) is 2. The fourth-order valence-electron chi connectivity index (χ4n) is 2.48. The van der Waals surface area contributed by atoms with Crippen molar-refractivity contribution in [2.75, 3.05) is 6.61 Å². The molecule has 0 unspecified atom stereocenters. The first kappa shape index (κ1) is 8.04. The Kier molecular flexibility index (Phi) is 1.79. The van der Waals surface area contributed by atoms with Crippen molar-refractivity contribution in [3.8, 4) is 0 Å². The van der Waals surface area contributed by atoms with E-state index in [4.69, 9.17) is 4.84 Å². The van der Waals surface area contributed by atoms with E-state index in [2.05, 4.69) is 35.5 Å². The minimum absolute atomic E-state index is 0.517. The summed E-state index contributed by atoms with van der Waals surface area (Å²) in [6.45, 7) is 0.804. The average molecular weight is 187 g/mol. The largest absolute Gasteiger partial charge is 0.395 e. The summed E-state index contributed by atoms with van der Waals surface area (Å²) >= 11 is 0. The molecule has 0 saturated heterocycles. The van der Waals surface area contributed by atoms with Gasteiger partial charge in [-0.2, -0.15) is 0 Å². The molecule has 1 fully saturated rings. The molecule has 0 radical (unpaired) electrons. The van der Waals surface area contributed by atoms with Gasteiger partial charge in [0.15, 0.2) is 0 Å². The summed E-state index contributed by atoms with van der Waals surface area (Å²) in [6.07, 6.45) is 2.47. The topological polar surface area (TPSA) is 21.6 Å². The molecule has 3 rings (SSSR count). The summed E-state index contributed by atoms with van der Waals surface area (Å²) in [5.74, 6) is 1.11. The van der Waals surface area contributed by atoms with Gasteiger partial charge in [-0.05, 0) is 18.4 Å². The molecule has 1 aliphatic heterocycles. The zero-order valence-electron chi connectivity index (χ0n) is 8.02. The van der Waals surface area contributed by atoms with Crippen LogP contribution in [0.1, 0.15) is 24.3 Å². The number of benzene rings is 1. The highest BCUT2D eigenvalue weighted by Crippen LogP contribution is 2.38. The minimum Gasteiger partial charge on any atom is -0.395 e. The highest BCUT2D eigenvalue weighted by Gasteiger charge is 2.36. The Hall–Kier alpha value is -1.31. The van der Waals surface area contributed by atoms with E-state index in [1.54, 1.807) is 0 Å². The lowest BCUT2D eigenvalue weighted by Crippen LogP contribution is -2.10. The lowest BCUT2D eigenvalue weighted by Gasteiger charge is -2.08. The van der Waals surface area contributed by atoms with E-state index in [1.807, 2.05) is 0 Å². The van der Waals surface area contributed by atoms with Crippen molar-refractivity contribution in [3.63, 3.8) is 0 Å². The third-order valence-electron chi connectivity index (χ3n) is 3.23. The first-order chi connectivity index (χ1) is 6.95. The smallest absolute Gasteiger partial charge is 0.125 e. The van der Waals surface area contributed by atoms with Gasteiger partial charge in [0.2, 0.25) is 0 Å². The summed E-state index contributed by atoms with van der Waals surface area (Å²) in [5.41, 5.74) is 2.66. The van der Waals surface area contributed by atoms with Gasteiger partial charge in [-0.15, -0.1) is 0 Å². The Morgan fingerprint density at radius 3 is 2.86 bits per heavy atom. The molecule has 0 amide bonds. The molecule has 14 heavy (non-hydrogen) atoms. The van der Waals surface area contributed by atoms with Crippen LogP contribution >= 0.6 is 0 Å². The lowest BCUT2D eigenvalue weighted by molar-refractivity contribution is 0.151. The zero-order chi connectivity index (χ0) is 9.38. The van der Waals surface area contributed by atoms with Crippen molar-refractivity contribution in [3.05, 3.63) is 35.9 Å². The summed E-state index contributed by atoms with van der Waals surface area (Å²) < 4.78 is 0. The SMILES string of the molecule is c1ccc([C@@H]2CC[C@H]3CON=C32)cc1. The monoisotopic (exact) mass is 187 g/mol. The van der Waals surface area contributed by atoms with Crippen LogP contribution in [0.25, 0.3) is 0 Å². The van der Waals surface area contributed by atoms with Crippen molar-refractivity contribution >= 4 is 5.71 Å². The van der Waals surface area contributed by atoms with Gasteiger partial charge in [0.1, 0.15) is 6.61 Å². The van der Waals surface area contributed by atoms with Gasteiger partial charge < -0.3 is 4.84 Å². The highest BCUT2D eigenvalue weighted by molar-refractivity contribution is 5.95. The number of rotatable bonds is 1. The standard InChI is InChI=1S/C12H13NO/c1-2-4-9(5-3-1)11-7-6-10-8-14-13-12(10)11/h1-5,10-11H,6-8H2/t10-,11-/m0/s1. The number of oxime groups is 1. The van der Waals surface area contributed by atoms with Crippen molar-refractivity contribution in [1.29, 1.82) is 0 Å². The fourth-order valence-corrected chi connectivity index (χ4v) is 2.48. The Morgan fingerprint density at radius 1 is 1.14 bits per heavy atom. The second kappa shape index (κ2) is 3.12. The lowest BCUT2D eigenvalue weighted by atomic mass is 9.95. The zero-order valence-corrected chi connectivity index (χ0v) is 8.02. The average Bonchev–Trinajstić information content (AvgIpc) is 2.79. The molecule has 1 aromatic rings. The van der Waals surface area contributed by atoms with E-state index in [-0.39, 0.29) is 0 Å². The molecule has 72 valence electrons. The third kappa shape index (κ3) is 1.14. The van der Waals surface area contributed by atoms with Gasteiger partial charge in [0.05, 0.1) is 5.71 Å². The maximum atomic E-state index is 5.15. The number of nitrogens with zero attached hydrogens (tertiary/aromatic N) is 1. The van der Waals surface area contributed by atoms with Crippen LogP contribution in [0.3, 0.4) is 0 Å². The van der Waals surface area contributed by atoms with Crippen LogP contribution in [-0.4, -0.2) is 12.3 Å². The Balaban J connectivity index is 1.93. The van der Waals surface area contributed by atoms with Gasteiger partial charge in [0, 0.05) is 11.8 Å². The first-order valence-electron chi connectivity index (χ1n) is 5.20. The summed E-state index contributed by atoms with van der Waals surface area (Å²) in [4.78, 5) is 5.15. The van der Waals surface area contributed by atoms with E-state index < -0.39 is 0 Å². The highest BCUT2D eigenvalue weighted by atomic mass is 16.6. The van der Waals surface area contributed by atoms with Crippen molar-refractivity contribution in [2.24, 2.45) is 11.1 Å². The summed E-state index contributed by atoms with van der Waals surface area (Å²) in [7, 11) is 0. The van der Waals surface area contributed by atoms with E-state index in [1.165, 1.54) is 24.1 Å². The molecule has 1 heterocycles. The molecular formula is C12H13NO. The second-order valence-corrected chi connectivity index (χ2v) is 4.05. The normalized spacial score (nSPS) is 29.6. The predicted octanol–water partition coefficient (Wildman–Crippen LogP) is 2.57. The van der Waals surface area contributed by atoms with E-state index in [9.17, 15) is 0 Å². The van der Waals surface area contributed by atoms with E-state index in [0.717, 1.165) is 6.61 Å². The van der Waals surface area contributed by atoms with Crippen LogP contribution in [0, 0.1) is 5.92 Å². The van der Waals surface area contributed by atoms with Crippen LogP contribution < -0.4 is 0 Å². The molecule has 0 spiro atoms. The Bertz CT molecular complexity index is 358. The van der Waals surface area contributed by atoms with Crippen molar-refractivity contribution < 1.29 is 4.84 Å². The Labute approximate surface area is 83.6 Å². The number of hydrogen-bond donors (Lipinski definition) is 0. The van der Waals surface area contributed by atoms with Crippen LogP contribution in [0.15, 0.2) is 35.5 Å². The minimum atomic E-state index is 0.517. The second-order valence-electron chi connectivity index (χ2n) is 4.05. The maximum absolute atomic E-state index is 5.15. The van der Waals surface area contributed by atoms with Gasteiger partial charge in [0.25, 0.3) is 0 Å². The molecule has 2 atom stereocenters. The molecule has 1 aromatic carbocycles. The van der Waals surface area contributed by atoms with Gasteiger partial charge in [-0.25, -0.2) is 0 Å². The third-order valence-corrected chi connectivity index (χ3v) is 3.23. The van der Waals surface area contributed by atoms with Crippen molar-refractivity contribution in [2.45, 2.75) is 18.8 Å². The van der Waals surface area contributed by atoms with Crippen LogP contribution in [0.4, 0.5) is 0 Å². The molecule has 2 nitrogen and oxygen atoms in total. The molecule has 1 aliphatic carbocycles. The van der Waals surface area contributed by atoms with E-state index in [0.29, 0.717) is 11.8 Å². The van der Waals surface area contributed by atoms with Crippen LogP contribution in [0.2, 0.25) is 0 Å². The Morgan fingerprint density at radius 2 is 2.00 bits per heavy atom. The van der Waals surface area contributed by atoms with Gasteiger partial charge >= 0.3 is 0 Å². The quantitative estimate of drug-likeness (QED) is 0.662. The number of fused-ring (bicyclic) bond motifs is 1. The van der Waals surface area contributed by atoms with Gasteiger partial charge in [-0.3, -0.25) is 0 Å². The fraction of sp³-hybridized carbons (Fsp3) is 0.417. The molecule has 1 saturated carbocycles. The molecule has 0 N–H and O–H groups in total. The summed E-state index contributed by atoms with van der Waals surface area (Å²) in [6, 6.07) is 10.6. The van der Waals surface area contributed by atoms with Crippen LogP contribution in [-0.2, 0) is 4.84 Å². The molecular weight excluding hydrogens is 174 g/mol. The molecule has 2 heteroatoms. The van der Waals surface area contributed by atoms with Crippen LogP contribution in [0.5, 0.6) is 0 Å².